The van der Waals surface area contributed by atoms with Gasteiger partial charge in [-0.05, 0) is 31.9 Å². The maximum absolute atomic E-state index is 12.6. The number of nitrogens with zero attached hydrogens (tertiary/aromatic N) is 3. The van der Waals surface area contributed by atoms with Gasteiger partial charge in [-0.3, -0.25) is 24.3 Å². The number of anilines is 1. The summed E-state index contributed by atoms with van der Waals surface area (Å²) in [5, 5.41) is 2.36. The van der Waals surface area contributed by atoms with E-state index in [1.807, 2.05) is 22.8 Å². The Bertz CT molecular complexity index is 795. The largest absolute Gasteiger partial charge is 0.379 e. The smallest absolute Gasteiger partial charge is 0.238 e. The van der Waals surface area contributed by atoms with E-state index in [0.29, 0.717) is 51.5 Å². The number of ether oxygens (including phenoxy) is 1. The topological polar surface area (TPSA) is 91.8 Å². The number of morpholine rings is 1. The van der Waals surface area contributed by atoms with Crippen LogP contribution in [0.15, 0.2) is 12.3 Å². The van der Waals surface area contributed by atoms with Crippen LogP contribution in [0, 0.1) is 0 Å². The van der Waals surface area contributed by atoms with E-state index in [0.717, 1.165) is 12.0 Å². The summed E-state index contributed by atoms with van der Waals surface area (Å²) in [6, 6.07) is 1.84. The molecule has 8 nitrogen and oxygen atoms in total. The number of Topliss-reactive ketones (excluding diaryl/α,β-unsaturated/α-hetero) is 1. The van der Waals surface area contributed by atoms with E-state index in [9.17, 15) is 14.4 Å². The summed E-state index contributed by atoms with van der Waals surface area (Å²) >= 11 is 4.24. The Morgan fingerprint density at radius 3 is 2.77 bits per heavy atom. The summed E-state index contributed by atoms with van der Waals surface area (Å²) < 4.78 is 5.32. The zero-order valence-electron chi connectivity index (χ0n) is 17.6. The number of pyridine rings is 1. The van der Waals surface area contributed by atoms with E-state index in [1.54, 1.807) is 13.1 Å². The molecule has 2 fully saturated rings. The zero-order valence-corrected chi connectivity index (χ0v) is 18.5. The molecule has 0 aliphatic carbocycles. The number of rotatable bonds is 7. The first-order chi connectivity index (χ1) is 14.4. The van der Waals surface area contributed by atoms with Gasteiger partial charge in [0.2, 0.25) is 11.8 Å². The molecule has 0 radical (unpaired) electrons. The van der Waals surface area contributed by atoms with E-state index in [4.69, 9.17) is 4.74 Å². The number of aromatic nitrogens is 1. The summed E-state index contributed by atoms with van der Waals surface area (Å²) in [6.07, 6.45) is 2.91. The van der Waals surface area contributed by atoms with Crippen LogP contribution in [0.5, 0.6) is 0 Å². The summed E-state index contributed by atoms with van der Waals surface area (Å²) in [6.45, 7) is 7.80. The highest BCUT2D eigenvalue weighted by Gasteiger charge is 2.28. The number of ketones is 1. The van der Waals surface area contributed by atoms with Crippen molar-refractivity contribution in [2.24, 2.45) is 0 Å². The number of likely N-dealkylation sites (N-methyl/N-ethyl adjacent to an activating group) is 1. The Kier molecular flexibility index (Phi) is 7.85. The van der Waals surface area contributed by atoms with Crippen molar-refractivity contribution in [3.8, 4) is 0 Å². The Hall–Kier alpha value is -1.97. The van der Waals surface area contributed by atoms with Crippen molar-refractivity contribution in [1.82, 2.24) is 14.8 Å². The molecule has 1 aromatic rings. The van der Waals surface area contributed by atoms with E-state index in [1.165, 1.54) is 0 Å². The third-order valence-corrected chi connectivity index (χ3v) is 5.85. The number of carbonyl (C=O) groups is 3. The molecule has 2 atom stereocenters. The van der Waals surface area contributed by atoms with E-state index in [-0.39, 0.29) is 35.8 Å². The normalized spacial score (nSPS) is 21.4. The molecule has 1 aromatic heterocycles. The molecular formula is C21H30N4O4S. The maximum atomic E-state index is 12.6. The predicted molar refractivity (Wildman–Crippen MR) is 117 cm³/mol. The predicted octanol–water partition coefficient (Wildman–Crippen LogP) is 1.58. The van der Waals surface area contributed by atoms with Crippen LogP contribution in [0.3, 0.4) is 0 Å². The van der Waals surface area contributed by atoms with Crippen LogP contribution in [0.1, 0.15) is 48.7 Å². The highest BCUT2D eigenvalue weighted by molar-refractivity contribution is 7.81. The van der Waals surface area contributed by atoms with Gasteiger partial charge in [0, 0.05) is 44.7 Å². The summed E-state index contributed by atoms with van der Waals surface area (Å²) in [4.78, 5) is 45.5. The van der Waals surface area contributed by atoms with Gasteiger partial charge < -0.3 is 15.0 Å². The average Bonchev–Trinajstić information content (AvgIpc) is 2.74. The number of piperidine rings is 1. The fraction of sp³-hybridized carbons (Fsp3) is 0.619. The van der Waals surface area contributed by atoms with Gasteiger partial charge in [-0.2, -0.15) is 12.6 Å². The molecule has 0 saturated carbocycles. The standard InChI is InChI=1S/C21H30N4O4S/c1-3-25-12-15(4-5-19(25)27)16-10-17(20(22-11-16)21(28)14(2)30)23-18(26)13-24-6-8-29-9-7-24/h10-11,14-15,30H,3-9,12-13H2,1-2H3,(H,23,26). The van der Waals surface area contributed by atoms with Crippen LogP contribution in [0.25, 0.3) is 0 Å². The number of thiol groups is 1. The molecule has 2 unspecified atom stereocenters. The number of hydrogen-bond acceptors (Lipinski definition) is 7. The molecule has 1 N–H and O–H groups in total. The molecule has 3 rings (SSSR count). The van der Waals surface area contributed by atoms with Crippen LogP contribution in [-0.4, -0.2) is 83.6 Å². The summed E-state index contributed by atoms with van der Waals surface area (Å²) in [5.41, 5.74) is 1.55. The molecule has 3 heterocycles. The lowest BCUT2D eigenvalue weighted by atomic mass is 9.90. The molecule has 2 amide bonds. The Balaban J connectivity index is 1.80. The third-order valence-electron chi connectivity index (χ3n) is 5.62. The van der Waals surface area contributed by atoms with Crippen molar-refractivity contribution in [1.29, 1.82) is 0 Å². The number of amides is 2. The second-order valence-corrected chi connectivity index (χ2v) is 8.58. The fourth-order valence-electron chi connectivity index (χ4n) is 3.84. The van der Waals surface area contributed by atoms with Gasteiger partial charge in [0.15, 0.2) is 5.78 Å². The summed E-state index contributed by atoms with van der Waals surface area (Å²) in [7, 11) is 0. The van der Waals surface area contributed by atoms with E-state index in [2.05, 4.69) is 22.9 Å². The maximum Gasteiger partial charge on any atom is 0.238 e. The van der Waals surface area contributed by atoms with Gasteiger partial charge in [0.25, 0.3) is 0 Å². The Labute approximate surface area is 182 Å². The van der Waals surface area contributed by atoms with Gasteiger partial charge in [0.1, 0.15) is 5.69 Å². The van der Waals surface area contributed by atoms with Crippen LogP contribution in [0.4, 0.5) is 5.69 Å². The van der Waals surface area contributed by atoms with E-state index >= 15 is 0 Å². The van der Waals surface area contributed by atoms with Crippen molar-refractivity contribution in [3.63, 3.8) is 0 Å². The van der Waals surface area contributed by atoms with Gasteiger partial charge in [0.05, 0.1) is 30.7 Å². The minimum absolute atomic E-state index is 0.127. The molecule has 0 bridgehead atoms. The van der Waals surface area contributed by atoms with Gasteiger partial charge in [-0.1, -0.05) is 0 Å². The lowest BCUT2D eigenvalue weighted by Crippen LogP contribution is -2.41. The Morgan fingerprint density at radius 1 is 1.37 bits per heavy atom. The third kappa shape index (κ3) is 5.59. The molecule has 164 valence electrons. The molecule has 2 saturated heterocycles. The van der Waals surface area contributed by atoms with Gasteiger partial charge in [-0.15, -0.1) is 0 Å². The number of likely N-dealkylation sites (tertiary alicyclic amines) is 1. The van der Waals surface area contributed by atoms with Gasteiger partial charge in [-0.25, -0.2) is 0 Å². The number of carbonyl (C=O) groups excluding carboxylic acids is 3. The quantitative estimate of drug-likeness (QED) is 0.500. The number of hydrogen-bond donors (Lipinski definition) is 2. The van der Waals surface area contributed by atoms with Crippen LogP contribution in [0.2, 0.25) is 0 Å². The van der Waals surface area contributed by atoms with Crippen LogP contribution >= 0.6 is 12.6 Å². The minimum atomic E-state index is -0.527. The first-order valence-corrected chi connectivity index (χ1v) is 11.0. The summed E-state index contributed by atoms with van der Waals surface area (Å²) in [5.74, 6) is -0.134. The zero-order chi connectivity index (χ0) is 21.7. The second kappa shape index (κ2) is 10.4. The molecule has 2 aliphatic heterocycles. The fourth-order valence-corrected chi connectivity index (χ4v) is 3.96. The van der Waals surface area contributed by atoms with Crippen LogP contribution < -0.4 is 5.32 Å². The Morgan fingerprint density at radius 2 is 2.10 bits per heavy atom. The van der Waals surface area contributed by atoms with Crippen molar-refractivity contribution in [2.75, 3.05) is 51.3 Å². The molecule has 9 heteroatoms. The van der Waals surface area contributed by atoms with Crippen molar-refractivity contribution < 1.29 is 19.1 Å². The van der Waals surface area contributed by atoms with Gasteiger partial charge >= 0.3 is 0 Å². The molecule has 0 aromatic carbocycles. The first-order valence-electron chi connectivity index (χ1n) is 10.5. The lowest BCUT2D eigenvalue weighted by molar-refractivity contribution is -0.133. The monoisotopic (exact) mass is 434 g/mol. The molecular weight excluding hydrogens is 404 g/mol. The average molecular weight is 435 g/mol. The van der Waals surface area contributed by atoms with Crippen molar-refractivity contribution in [3.05, 3.63) is 23.5 Å². The minimum Gasteiger partial charge on any atom is -0.379 e. The molecule has 0 spiro atoms. The van der Waals surface area contributed by atoms with E-state index < -0.39 is 5.25 Å². The highest BCUT2D eigenvalue weighted by Crippen LogP contribution is 2.30. The molecule has 2 aliphatic rings. The molecule has 30 heavy (non-hydrogen) atoms. The van der Waals surface area contributed by atoms with Crippen molar-refractivity contribution in [2.45, 2.75) is 37.9 Å². The first kappa shape index (κ1) is 22.7. The number of nitrogens with one attached hydrogen (secondary N) is 1. The van der Waals surface area contributed by atoms with Crippen molar-refractivity contribution >= 4 is 35.9 Å². The SMILES string of the molecule is CCN1CC(c2cnc(C(=O)C(C)S)c(NC(=O)CN3CCOCC3)c2)CCC1=O. The second-order valence-electron chi connectivity index (χ2n) is 7.81. The highest BCUT2D eigenvalue weighted by atomic mass is 32.1. The van der Waals surface area contributed by atoms with Crippen LogP contribution in [-0.2, 0) is 14.3 Å². The lowest BCUT2D eigenvalue weighted by Gasteiger charge is -2.32.